The van der Waals surface area contributed by atoms with Gasteiger partial charge in [0, 0.05) is 35.8 Å². The number of benzene rings is 2. The highest BCUT2D eigenvalue weighted by Gasteiger charge is 2.23. The minimum absolute atomic E-state index is 0.00814. The van der Waals surface area contributed by atoms with E-state index in [4.69, 9.17) is 11.6 Å². The molecule has 0 aliphatic rings. The molecule has 0 amide bonds. The fourth-order valence-corrected chi connectivity index (χ4v) is 5.51. The van der Waals surface area contributed by atoms with Gasteiger partial charge in [-0.3, -0.25) is 0 Å². The maximum absolute atomic E-state index is 13.3. The summed E-state index contributed by atoms with van der Waals surface area (Å²) in [4.78, 5) is 8.93. The number of aryl methyl sites for hydroxylation is 3. The highest BCUT2D eigenvalue weighted by atomic mass is 35.5. The summed E-state index contributed by atoms with van der Waals surface area (Å²) in [5.74, 6) is 0. The van der Waals surface area contributed by atoms with Crippen LogP contribution in [0.1, 0.15) is 11.1 Å². The molecule has 5 rings (SSSR count). The maximum Gasteiger partial charge on any atom is 0.269 e. The van der Waals surface area contributed by atoms with Gasteiger partial charge in [0.25, 0.3) is 10.0 Å². The van der Waals surface area contributed by atoms with Crippen molar-refractivity contribution in [2.45, 2.75) is 18.7 Å². The van der Waals surface area contributed by atoms with Crippen LogP contribution in [0.4, 0.5) is 0 Å². The van der Waals surface area contributed by atoms with Gasteiger partial charge in [-0.25, -0.2) is 17.4 Å². The average Bonchev–Trinajstić information content (AvgIpc) is 3.30. The topological polar surface area (TPSA) is 69.8 Å². The van der Waals surface area contributed by atoms with Gasteiger partial charge in [0.1, 0.15) is 0 Å². The minimum atomic E-state index is -3.84. The van der Waals surface area contributed by atoms with Crippen molar-refractivity contribution in [1.29, 1.82) is 0 Å². The number of aromatic nitrogens is 4. The number of halogens is 1. The molecule has 0 saturated heterocycles. The number of hydrogen-bond donors (Lipinski definition) is 0. The van der Waals surface area contributed by atoms with Crippen molar-refractivity contribution < 1.29 is 8.42 Å². The molecule has 0 saturated carbocycles. The van der Waals surface area contributed by atoms with Crippen LogP contribution in [0.3, 0.4) is 0 Å². The lowest BCUT2D eigenvalue weighted by molar-refractivity contribution is 0.588. The predicted molar refractivity (Wildman–Crippen MR) is 123 cm³/mol. The molecule has 0 N–H and O–H groups in total. The number of para-hydroxylation sites is 1. The van der Waals surface area contributed by atoms with E-state index in [0.29, 0.717) is 11.1 Å². The second-order valence-electron chi connectivity index (χ2n) is 7.63. The van der Waals surface area contributed by atoms with E-state index in [2.05, 4.69) is 23.0 Å². The summed E-state index contributed by atoms with van der Waals surface area (Å²) in [6.07, 6.45) is 3.49. The second-order valence-corrected chi connectivity index (χ2v) is 9.79. The fraction of sp³-hybridized carbons (Fsp3) is 0.130. The SMILES string of the molecule is Cc1ccc(S(=O)(=O)n2ccc3c(-c4cn(C)c5c(C)cccc45)nc(Cl)nc32)cc1. The summed E-state index contributed by atoms with van der Waals surface area (Å²) in [5.41, 5.74) is 4.94. The number of nitrogens with zero attached hydrogens (tertiary/aromatic N) is 4. The number of fused-ring (bicyclic) bond motifs is 2. The molecular formula is C23H19ClN4O2S. The van der Waals surface area contributed by atoms with Gasteiger partial charge in [-0.2, -0.15) is 4.98 Å². The lowest BCUT2D eigenvalue weighted by Crippen LogP contribution is -2.12. The quantitative estimate of drug-likeness (QED) is 0.359. The summed E-state index contributed by atoms with van der Waals surface area (Å²) >= 11 is 6.27. The highest BCUT2D eigenvalue weighted by molar-refractivity contribution is 7.90. The Bertz CT molecular complexity index is 1580. The second kappa shape index (κ2) is 6.93. The third-order valence-electron chi connectivity index (χ3n) is 5.52. The van der Waals surface area contributed by atoms with E-state index < -0.39 is 10.0 Å². The molecule has 0 spiro atoms. The van der Waals surface area contributed by atoms with Crippen LogP contribution < -0.4 is 0 Å². The molecule has 0 fully saturated rings. The fourth-order valence-electron chi connectivity index (χ4n) is 4.05. The molecule has 31 heavy (non-hydrogen) atoms. The Hall–Kier alpha value is -3.16. The molecule has 0 aliphatic heterocycles. The van der Waals surface area contributed by atoms with Crippen molar-refractivity contribution in [3.05, 3.63) is 77.3 Å². The Balaban J connectivity index is 1.78. The molecule has 2 aromatic carbocycles. The van der Waals surface area contributed by atoms with Gasteiger partial charge >= 0.3 is 0 Å². The average molecular weight is 451 g/mol. The first-order valence-electron chi connectivity index (χ1n) is 9.69. The van der Waals surface area contributed by atoms with Crippen LogP contribution in [-0.2, 0) is 17.1 Å². The summed E-state index contributed by atoms with van der Waals surface area (Å²) in [7, 11) is -1.86. The smallest absolute Gasteiger partial charge is 0.269 e. The Morgan fingerprint density at radius 3 is 2.42 bits per heavy atom. The molecule has 0 aliphatic carbocycles. The number of rotatable bonds is 3. The van der Waals surface area contributed by atoms with Gasteiger partial charge in [-0.05, 0) is 49.2 Å². The Labute approximate surface area is 184 Å². The first-order chi connectivity index (χ1) is 14.8. The molecule has 5 aromatic rings. The van der Waals surface area contributed by atoms with E-state index >= 15 is 0 Å². The van der Waals surface area contributed by atoms with Crippen molar-refractivity contribution in [2.24, 2.45) is 7.05 Å². The largest absolute Gasteiger partial charge is 0.350 e. The normalized spacial score (nSPS) is 12.1. The van der Waals surface area contributed by atoms with E-state index in [1.165, 1.54) is 10.2 Å². The zero-order valence-electron chi connectivity index (χ0n) is 17.2. The Morgan fingerprint density at radius 1 is 0.935 bits per heavy atom. The van der Waals surface area contributed by atoms with E-state index in [9.17, 15) is 8.42 Å². The van der Waals surface area contributed by atoms with Gasteiger partial charge in [-0.15, -0.1) is 0 Å². The summed E-state index contributed by atoms with van der Waals surface area (Å²) in [6.45, 7) is 3.96. The molecule has 0 unspecified atom stereocenters. The van der Waals surface area contributed by atoms with Crippen LogP contribution in [0.15, 0.2) is 65.8 Å². The Kier molecular flexibility index (Phi) is 4.42. The molecule has 0 bridgehead atoms. The van der Waals surface area contributed by atoms with Gasteiger partial charge in [0.05, 0.1) is 16.1 Å². The predicted octanol–water partition coefficient (Wildman–Crippen LogP) is 5.10. The summed E-state index contributed by atoms with van der Waals surface area (Å²) in [6, 6.07) is 14.5. The molecule has 3 aromatic heterocycles. The van der Waals surface area contributed by atoms with Crippen molar-refractivity contribution in [3.63, 3.8) is 0 Å². The van der Waals surface area contributed by atoms with Crippen LogP contribution >= 0.6 is 11.6 Å². The molecule has 156 valence electrons. The van der Waals surface area contributed by atoms with Crippen molar-refractivity contribution >= 4 is 43.6 Å². The van der Waals surface area contributed by atoms with Crippen LogP contribution in [0.25, 0.3) is 33.2 Å². The summed E-state index contributed by atoms with van der Waals surface area (Å²) < 4.78 is 29.8. The molecular weight excluding hydrogens is 432 g/mol. The van der Waals surface area contributed by atoms with Crippen LogP contribution in [-0.4, -0.2) is 26.9 Å². The zero-order valence-corrected chi connectivity index (χ0v) is 18.7. The third kappa shape index (κ3) is 3.04. The van der Waals surface area contributed by atoms with Crippen LogP contribution in [0.2, 0.25) is 5.28 Å². The molecule has 3 heterocycles. The lowest BCUT2D eigenvalue weighted by atomic mass is 10.1. The molecule has 6 nitrogen and oxygen atoms in total. The molecule has 8 heteroatoms. The highest BCUT2D eigenvalue weighted by Crippen LogP contribution is 2.36. The standard InChI is InChI=1S/C23H19ClN4O2S/c1-14-7-9-16(10-8-14)31(29,30)28-12-11-18-20(25-23(24)26-22(18)28)19-13-27(3)21-15(2)5-4-6-17(19)21/h4-13H,1-3H3. The van der Waals surface area contributed by atoms with Gasteiger partial charge < -0.3 is 4.57 Å². The van der Waals surface area contributed by atoms with Gasteiger partial charge in [0.2, 0.25) is 5.28 Å². The first kappa shape index (κ1) is 19.8. The van der Waals surface area contributed by atoms with E-state index in [-0.39, 0.29) is 15.8 Å². The zero-order chi connectivity index (χ0) is 21.9. The maximum atomic E-state index is 13.3. The van der Waals surface area contributed by atoms with Gasteiger partial charge in [0.15, 0.2) is 5.65 Å². The van der Waals surface area contributed by atoms with E-state index in [0.717, 1.165) is 27.6 Å². The molecule has 0 radical (unpaired) electrons. The Morgan fingerprint density at radius 2 is 1.68 bits per heavy atom. The minimum Gasteiger partial charge on any atom is -0.350 e. The third-order valence-corrected chi connectivity index (χ3v) is 7.37. The van der Waals surface area contributed by atoms with Crippen LogP contribution in [0, 0.1) is 13.8 Å². The molecule has 0 atom stereocenters. The lowest BCUT2D eigenvalue weighted by Gasteiger charge is -2.08. The summed E-state index contributed by atoms with van der Waals surface area (Å²) in [5, 5.41) is 1.63. The van der Waals surface area contributed by atoms with Gasteiger partial charge in [-0.1, -0.05) is 35.9 Å². The van der Waals surface area contributed by atoms with Crippen molar-refractivity contribution in [1.82, 2.24) is 18.5 Å². The van der Waals surface area contributed by atoms with E-state index in [1.807, 2.05) is 36.9 Å². The van der Waals surface area contributed by atoms with Crippen molar-refractivity contribution in [3.8, 4) is 11.3 Å². The van der Waals surface area contributed by atoms with Crippen LogP contribution in [0.5, 0.6) is 0 Å². The number of hydrogen-bond acceptors (Lipinski definition) is 4. The van der Waals surface area contributed by atoms with E-state index in [1.54, 1.807) is 30.3 Å². The monoisotopic (exact) mass is 450 g/mol. The van der Waals surface area contributed by atoms with Crippen molar-refractivity contribution in [2.75, 3.05) is 0 Å². The first-order valence-corrected chi connectivity index (χ1v) is 11.5.